The van der Waals surface area contributed by atoms with Crippen LogP contribution in [0.5, 0.6) is 11.5 Å². The summed E-state index contributed by atoms with van der Waals surface area (Å²) in [5.74, 6) is 0.412. The maximum Gasteiger partial charge on any atom is 0.254 e. The fourth-order valence-corrected chi connectivity index (χ4v) is 3.57. The van der Waals surface area contributed by atoms with Crippen molar-refractivity contribution in [3.8, 4) is 11.5 Å². The summed E-state index contributed by atoms with van der Waals surface area (Å²) >= 11 is 1.50. The normalized spacial score (nSPS) is 10.4. The van der Waals surface area contributed by atoms with Crippen LogP contribution in [0.1, 0.15) is 28.5 Å². The maximum atomic E-state index is 12.8. The van der Waals surface area contributed by atoms with Crippen molar-refractivity contribution >= 4 is 28.8 Å². The van der Waals surface area contributed by atoms with E-state index in [2.05, 4.69) is 10.3 Å². The monoisotopic (exact) mass is 439 g/mol. The van der Waals surface area contributed by atoms with Gasteiger partial charge in [-0.25, -0.2) is 4.98 Å². The quantitative estimate of drug-likeness (QED) is 0.545. The number of hydrogen-bond donors (Lipinski definition) is 1. The molecular weight excluding hydrogens is 414 g/mol. The minimum atomic E-state index is -0.289. The molecule has 0 aliphatic rings. The number of para-hydroxylation sites is 1. The van der Waals surface area contributed by atoms with Crippen LogP contribution in [0.25, 0.3) is 0 Å². The second-order valence-corrected chi connectivity index (χ2v) is 7.57. The molecule has 0 saturated heterocycles. The molecule has 0 atom stereocenters. The minimum absolute atomic E-state index is 0.0682. The van der Waals surface area contributed by atoms with Gasteiger partial charge in [0.15, 0.2) is 11.5 Å². The Balaban J connectivity index is 1.63. The molecule has 0 bridgehead atoms. The Labute approximate surface area is 185 Å². The van der Waals surface area contributed by atoms with E-state index in [0.717, 1.165) is 23.4 Å². The zero-order valence-corrected chi connectivity index (χ0v) is 18.6. The lowest BCUT2D eigenvalue weighted by Gasteiger charge is -2.18. The van der Waals surface area contributed by atoms with Crippen LogP contribution >= 0.6 is 11.3 Å². The topological polar surface area (TPSA) is 80.8 Å². The van der Waals surface area contributed by atoms with Crippen LogP contribution in [0, 0.1) is 0 Å². The number of hydrogen-bond acceptors (Lipinski definition) is 6. The van der Waals surface area contributed by atoms with E-state index in [1.54, 1.807) is 30.8 Å². The van der Waals surface area contributed by atoms with Gasteiger partial charge in [-0.2, -0.15) is 0 Å². The molecule has 0 spiro atoms. The van der Waals surface area contributed by atoms with Gasteiger partial charge in [-0.1, -0.05) is 25.1 Å². The average Bonchev–Trinajstić information content (AvgIpc) is 3.31. The van der Waals surface area contributed by atoms with Crippen molar-refractivity contribution in [1.82, 2.24) is 9.88 Å². The summed E-state index contributed by atoms with van der Waals surface area (Å²) in [7, 11) is 3.11. The number of anilines is 1. The van der Waals surface area contributed by atoms with Gasteiger partial charge in [0.1, 0.15) is 6.61 Å². The zero-order chi connectivity index (χ0) is 22.2. The van der Waals surface area contributed by atoms with E-state index in [1.807, 2.05) is 36.6 Å². The molecule has 8 heteroatoms. The average molecular weight is 440 g/mol. The number of aryl methyl sites for hydroxylation is 1. The van der Waals surface area contributed by atoms with Crippen molar-refractivity contribution in [3.63, 3.8) is 0 Å². The summed E-state index contributed by atoms with van der Waals surface area (Å²) in [6.07, 6.45) is 0.807. The molecule has 162 valence electrons. The van der Waals surface area contributed by atoms with E-state index in [0.29, 0.717) is 23.7 Å². The second-order valence-electron chi connectivity index (χ2n) is 6.85. The number of rotatable bonds is 9. The summed E-state index contributed by atoms with van der Waals surface area (Å²) in [5.41, 5.74) is 4.77. The van der Waals surface area contributed by atoms with Gasteiger partial charge < -0.3 is 19.7 Å². The molecule has 0 aliphatic heterocycles. The summed E-state index contributed by atoms with van der Waals surface area (Å²) in [4.78, 5) is 30.8. The SMILES string of the molecule is CCc1ccccc1NC(=O)CN(C)C(=O)c1ccc(OCc2cscn2)c(OC)c1. The third-order valence-corrected chi connectivity index (χ3v) is 5.30. The van der Waals surface area contributed by atoms with Crippen LogP contribution in [-0.2, 0) is 17.8 Å². The van der Waals surface area contributed by atoms with Crippen LogP contribution in [0.15, 0.2) is 53.4 Å². The Morgan fingerprint density at radius 2 is 1.97 bits per heavy atom. The molecule has 2 amide bonds. The van der Waals surface area contributed by atoms with E-state index in [1.165, 1.54) is 23.3 Å². The van der Waals surface area contributed by atoms with Crippen LogP contribution in [-0.4, -0.2) is 42.4 Å². The van der Waals surface area contributed by atoms with Crippen molar-refractivity contribution in [2.24, 2.45) is 0 Å². The number of amides is 2. The highest BCUT2D eigenvalue weighted by Crippen LogP contribution is 2.29. The Bertz CT molecular complexity index is 1040. The first-order valence-corrected chi connectivity index (χ1v) is 10.8. The molecule has 0 fully saturated rings. The van der Waals surface area contributed by atoms with Crippen molar-refractivity contribution < 1.29 is 19.1 Å². The Morgan fingerprint density at radius 3 is 2.68 bits per heavy atom. The number of carbonyl (C=O) groups is 2. The highest BCUT2D eigenvalue weighted by Gasteiger charge is 2.18. The predicted octanol–water partition coefficient (Wildman–Crippen LogP) is 4.00. The predicted molar refractivity (Wildman–Crippen MR) is 121 cm³/mol. The molecule has 31 heavy (non-hydrogen) atoms. The number of likely N-dealkylation sites (N-methyl/N-ethyl adjacent to an activating group) is 1. The van der Waals surface area contributed by atoms with Crippen molar-refractivity contribution in [1.29, 1.82) is 0 Å². The molecule has 0 unspecified atom stereocenters. The van der Waals surface area contributed by atoms with Gasteiger partial charge in [0.05, 0.1) is 24.9 Å². The molecular formula is C23H25N3O4S. The van der Waals surface area contributed by atoms with Crippen molar-refractivity contribution in [2.45, 2.75) is 20.0 Å². The first kappa shape index (κ1) is 22.3. The minimum Gasteiger partial charge on any atom is -0.493 e. The molecule has 0 radical (unpaired) electrons. The molecule has 2 aromatic carbocycles. The van der Waals surface area contributed by atoms with Gasteiger partial charge in [0, 0.05) is 23.7 Å². The van der Waals surface area contributed by atoms with Crippen LogP contribution in [0.2, 0.25) is 0 Å². The highest BCUT2D eigenvalue weighted by molar-refractivity contribution is 7.07. The van der Waals surface area contributed by atoms with Crippen LogP contribution in [0.3, 0.4) is 0 Å². The Morgan fingerprint density at radius 1 is 1.16 bits per heavy atom. The van der Waals surface area contributed by atoms with Gasteiger partial charge >= 0.3 is 0 Å². The van der Waals surface area contributed by atoms with E-state index in [4.69, 9.17) is 9.47 Å². The van der Waals surface area contributed by atoms with E-state index in [-0.39, 0.29) is 18.4 Å². The highest BCUT2D eigenvalue weighted by atomic mass is 32.1. The van der Waals surface area contributed by atoms with Crippen molar-refractivity contribution in [3.05, 3.63) is 70.2 Å². The van der Waals surface area contributed by atoms with E-state index in [9.17, 15) is 9.59 Å². The van der Waals surface area contributed by atoms with E-state index < -0.39 is 0 Å². The second kappa shape index (κ2) is 10.6. The molecule has 1 aromatic heterocycles. The van der Waals surface area contributed by atoms with Gasteiger partial charge in [0.25, 0.3) is 5.91 Å². The van der Waals surface area contributed by atoms with E-state index >= 15 is 0 Å². The fraction of sp³-hybridized carbons (Fsp3) is 0.261. The molecule has 1 heterocycles. The Hall–Kier alpha value is -3.39. The van der Waals surface area contributed by atoms with Crippen LogP contribution in [0.4, 0.5) is 5.69 Å². The number of ether oxygens (including phenoxy) is 2. The third kappa shape index (κ3) is 5.82. The van der Waals surface area contributed by atoms with Gasteiger partial charge in [-0.3, -0.25) is 9.59 Å². The lowest BCUT2D eigenvalue weighted by molar-refractivity contribution is -0.116. The first-order chi connectivity index (χ1) is 15.0. The fourth-order valence-electron chi connectivity index (χ4n) is 3.03. The number of nitrogens with zero attached hydrogens (tertiary/aromatic N) is 2. The molecule has 7 nitrogen and oxygen atoms in total. The van der Waals surface area contributed by atoms with Gasteiger partial charge in [0.2, 0.25) is 5.91 Å². The number of carbonyl (C=O) groups excluding carboxylic acids is 2. The first-order valence-electron chi connectivity index (χ1n) is 9.83. The number of aromatic nitrogens is 1. The van der Waals surface area contributed by atoms with Crippen molar-refractivity contribution in [2.75, 3.05) is 26.0 Å². The largest absolute Gasteiger partial charge is 0.493 e. The number of methoxy groups -OCH3 is 1. The molecule has 3 rings (SSSR count). The lowest BCUT2D eigenvalue weighted by Crippen LogP contribution is -2.35. The standard InChI is InChI=1S/C23H25N3O4S/c1-4-16-7-5-6-8-19(16)25-22(27)12-26(2)23(28)17-9-10-20(21(11-17)29-3)30-13-18-14-31-15-24-18/h5-11,14-15H,4,12-13H2,1-3H3,(H,25,27). The molecule has 0 aliphatic carbocycles. The zero-order valence-electron chi connectivity index (χ0n) is 17.8. The smallest absolute Gasteiger partial charge is 0.254 e. The van der Waals surface area contributed by atoms with Gasteiger partial charge in [-0.15, -0.1) is 11.3 Å². The molecule has 0 saturated carbocycles. The summed E-state index contributed by atoms with van der Waals surface area (Å²) < 4.78 is 11.1. The third-order valence-electron chi connectivity index (χ3n) is 4.67. The molecule has 1 N–H and O–H groups in total. The van der Waals surface area contributed by atoms with Gasteiger partial charge in [-0.05, 0) is 36.2 Å². The van der Waals surface area contributed by atoms with Crippen LogP contribution < -0.4 is 14.8 Å². The molecule has 3 aromatic rings. The maximum absolute atomic E-state index is 12.8. The number of nitrogens with one attached hydrogen (secondary N) is 1. The number of benzene rings is 2. The summed E-state index contributed by atoms with van der Waals surface area (Å²) in [6, 6.07) is 12.6. The lowest BCUT2D eigenvalue weighted by atomic mass is 10.1. The summed E-state index contributed by atoms with van der Waals surface area (Å²) in [6.45, 7) is 2.27. The number of thiazole rings is 1. The Kier molecular flexibility index (Phi) is 7.61. The summed E-state index contributed by atoms with van der Waals surface area (Å²) in [5, 5.41) is 4.78.